The standard InChI is InChI=1S/C13H17ClF3N3OS/c1-22(2,3)7-6-21-8-20-9-4-5-18-12(14)10(9)11(19-20)13(15,16)17/h4-5H,6-8H2,1-3H3. The van der Waals surface area contributed by atoms with E-state index in [4.69, 9.17) is 16.3 Å². The minimum absolute atomic E-state index is 0.0531. The molecule has 0 aromatic carbocycles. The summed E-state index contributed by atoms with van der Waals surface area (Å²) < 4.78 is 45.8. The number of hydrogen-bond donors (Lipinski definition) is 0. The van der Waals surface area contributed by atoms with Crippen LogP contribution in [0.25, 0.3) is 10.9 Å². The van der Waals surface area contributed by atoms with Gasteiger partial charge >= 0.3 is 6.18 Å². The second kappa shape index (κ2) is 6.25. The molecule has 2 heterocycles. The maximum Gasteiger partial charge on any atom is 0.435 e. The van der Waals surface area contributed by atoms with Crippen LogP contribution in [0.2, 0.25) is 5.15 Å². The molecule has 0 radical (unpaired) electrons. The molecule has 0 saturated heterocycles. The Bertz CT molecular complexity index is 667. The van der Waals surface area contributed by atoms with E-state index in [2.05, 4.69) is 28.8 Å². The van der Waals surface area contributed by atoms with Crippen molar-refractivity contribution in [2.75, 3.05) is 31.1 Å². The molecule has 0 spiro atoms. The van der Waals surface area contributed by atoms with Crippen molar-refractivity contribution >= 4 is 32.5 Å². The molecule has 0 atom stereocenters. The highest BCUT2D eigenvalue weighted by molar-refractivity contribution is 8.32. The zero-order chi connectivity index (χ0) is 16.5. The number of halogens is 4. The molecule has 0 aliphatic rings. The van der Waals surface area contributed by atoms with Crippen molar-refractivity contribution in [1.29, 1.82) is 0 Å². The summed E-state index contributed by atoms with van der Waals surface area (Å²) in [5, 5.41) is 3.20. The minimum Gasteiger partial charge on any atom is -0.358 e. The number of rotatable bonds is 5. The van der Waals surface area contributed by atoms with Crippen molar-refractivity contribution in [2.45, 2.75) is 12.9 Å². The van der Waals surface area contributed by atoms with Crippen LogP contribution in [0.4, 0.5) is 13.2 Å². The predicted octanol–water partition coefficient (Wildman–Crippen LogP) is 3.77. The Kier molecular flexibility index (Phi) is 4.93. The fraction of sp³-hybridized carbons (Fsp3) is 0.538. The molecule has 4 nitrogen and oxygen atoms in total. The van der Waals surface area contributed by atoms with Crippen molar-refractivity contribution in [3.63, 3.8) is 0 Å². The summed E-state index contributed by atoms with van der Waals surface area (Å²) in [6, 6.07) is 1.45. The lowest BCUT2D eigenvalue weighted by atomic mass is 10.2. The number of alkyl halides is 3. The number of pyridine rings is 1. The number of fused-ring (bicyclic) bond motifs is 1. The molecule has 0 fully saturated rings. The lowest BCUT2D eigenvalue weighted by Gasteiger charge is -2.24. The first-order chi connectivity index (χ1) is 10.1. The second-order valence-corrected chi connectivity index (χ2v) is 10.6. The van der Waals surface area contributed by atoms with Crippen LogP contribution >= 0.6 is 21.6 Å². The number of ether oxygens (including phenoxy) is 1. The van der Waals surface area contributed by atoms with E-state index in [0.29, 0.717) is 6.61 Å². The summed E-state index contributed by atoms with van der Waals surface area (Å²) in [6.07, 6.45) is 3.20. The van der Waals surface area contributed by atoms with E-state index in [1.165, 1.54) is 16.9 Å². The molecule has 0 N–H and O–H groups in total. The van der Waals surface area contributed by atoms with Gasteiger partial charge in [-0.2, -0.15) is 18.3 Å². The average Bonchev–Trinajstić information content (AvgIpc) is 2.74. The lowest BCUT2D eigenvalue weighted by Crippen LogP contribution is -2.12. The second-order valence-electron chi connectivity index (χ2n) is 5.67. The normalized spacial score (nSPS) is 13.8. The molecule has 0 aliphatic heterocycles. The topological polar surface area (TPSA) is 39.9 Å². The number of hydrogen-bond acceptors (Lipinski definition) is 3. The van der Waals surface area contributed by atoms with Crippen molar-refractivity contribution in [3.05, 3.63) is 23.1 Å². The van der Waals surface area contributed by atoms with Gasteiger partial charge in [0.1, 0.15) is 11.9 Å². The Morgan fingerprint density at radius 1 is 1.32 bits per heavy atom. The van der Waals surface area contributed by atoms with E-state index >= 15 is 0 Å². The molecule has 22 heavy (non-hydrogen) atoms. The highest BCUT2D eigenvalue weighted by atomic mass is 35.5. The summed E-state index contributed by atoms with van der Waals surface area (Å²) in [5.41, 5.74) is -0.777. The van der Waals surface area contributed by atoms with Gasteiger partial charge < -0.3 is 4.74 Å². The van der Waals surface area contributed by atoms with E-state index in [-0.39, 0.29) is 22.8 Å². The maximum atomic E-state index is 13.1. The van der Waals surface area contributed by atoms with E-state index in [1.54, 1.807) is 0 Å². The Morgan fingerprint density at radius 2 is 2.00 bits per heavy atom. The first-order valence-electron chi connectivity index (χ1n) is 6.41. The van der Waals surface area contributed by atoms with Gasteiger partial charge in [0.25, 0.3) is 0 Å². The highest BCUT2D eigenvalue weighted by Gasteiger charge is 2.38. The van der Waals surface area contributed by atoms with Gasteiger partial charge in [-0.25, -0.2) is 19.7 Å². The van der Waals surface area contributed by atoms with Gasteiger partial charge in [0, 0.05) is 11.9 Å². The monoisotopic (exact) mass is 355 g/mol. The lowest BCUT2D eigenvalue weighted by molar-refractivity contribution is -0.140. The van der Waals surface area contributed by atoms with Crippen molar-refractivity contribution < 1.29 is 17.9 Å². The van der Waals surface area contributed by atoms with Crippen molar-refractivity contribution in [3.8, 4) is 0 Å². The molecule has 0 amide bonds. The van der Waals surface area contributed by atoms with Gasteiger partial charge in [0.05, 0.1) is 17.5 Å². The predicted molar refractivity (Wildman–Crippen MR) is 83.7 cm³/mol. The smallest absolute Gasteiger partial charge is 0.358 e. The quantitative estimate of drug-likeness (QED) is 0.605. The van der Waals surface area contributed by atoms with Crippen LogP contribution in [-0.4, -0.2) is 45.9 Å². The first-order valence-corrected chi connectivity index (χ1v) is 9.82. The highest BCUT2D eigenvalue weighted by Crippen LogP contribution is 2.37. The third kappa shape index (κ3) is 4.05. The summed E-state index contributed by atoms with van der Waals surface area (Å²) >= 11 is 5.80. The Balaban J connectivity index is 2.26. The third-order valence-corrected chi connectivity index (χ3v) is 4.62. The van der Waals surface area contributed by atoms with Crippen LogP contribution in [0.5, 0.6) is 0 Å². The van der Waals surface area contributed by atoms with Crippen LogP contribution in [0.15, 0.2) is 12.3 Å². The van der Waals surface area contributed by atoms with Crippen molar-refractivity contribution in [1.82, 2.24) is 14.8 Å². The van der Waals surface area contributed by atoms with Gasteiger partial charge in [-0.15, -0.1) is 0 Å². The summed E-state index contributed by atoms with van der Waals surface area (Å²) in [6.45, 7) is 0.419. The van der Waals surface area contributed by atoms with Crippen LogP contribution in [0.1, 0.15) is 5.69 Å². The van der Waals surface area contributed by atoms with E-state index in [9.17, 15) is 13.2 Å². The Hall–Kier alpha value is -0.990. The molecule has 2 rings (SSSR count). The van der Waals surface area contributed by atoms with E-state index < -0.39 is 21.9 Å². The first kappa shape index (κ1) is 17.4. The van der Waals surface area contributed by atoms with Gasteiger partial charge in [0.15, 0.2) is 5.69 Å². The Morgan fingerprint density at radius 3 is 2.59 bits per heavy atom. The summed E-state index contributed by atoms with van der Waals surface area (Å²) in [7, 11) is -0.712. The minimum atomic E-state index is -4.59. The molecule has 124 valence electrons. The van der Waals surface area contributed by atoms with Crippen LogP contribution < -0.4 is 0 Å². The summed E-state index contributed by atoms with van der Waals surface area (Å²) in [5.74, 6) is 0.876. The average molecular weight is 356 g/mol. The molecule has 0 unspecified atom stereocenters. The fourth-order valence-corrected chi connectivity index (χ4v) is 2.70. The zero-order valence-electron chi connectivity index (χ0n) is 12.4. The van der Waals surface area contributed by atoms with E-state index in [1.807, 2.05) is 0 Å². The molecular formula is C13H17ClF3N3OS. The molecule has 0 aliphatic carbocycles. The zero-order valence-corrected chi connectivity index (χ0v) is 14.0. The molecule has 2 aromatic rings. The van der Waals surface area contributed by atoms with Crippen LogP contribution in [-0.2, 0) is 17.6 Å². The summed E-state index contributed by atoms with van der Waals surface area (Å²) in [4.78, 5) is 3.70. The third-order valence-electron chi connectivity index (χ3n) is 2.94. The van der Waals surface area contributed by atoms with Gasteiger partial charge in [0.2, 0.25) is 0 Å². The van der Waals surface area contributed by atoms with Crippen LogP contribution in [0, 0.1) is 0 Å². The fourth-order valence-electron chi connectivity index (χ4n) is 1.84. The SMILES string of the molecule is CS(C)(C)CCOCn1nc(C(F)(F)F)c2c(Cl)nccc21. The molecule has 9 heteroatoms. The number of aromatic nitrogens is 3. The number of nitrogens with zero attached hydrogens (tertiary/aromatic N) is 3. The van der Waals surface area contributed by atoms with Crippen LogP contribution in [0.3, 0.4) is 0 Å². The Labute approximate surface area is 132 Å². The largest absolute Gasteiger partial charge is 0.435 e. The van der Waals surface area contributed by atoms with Gasteiger partial charge in [-0.05, 0) is 24.8 Å². The van der Waals surface area contributed by atoms with Gasteiger partial charge in [-0.1, -0.05) is 11.6 Å². The van der Waals surface area contributed by atoms with E-state index in [0.717, 1.165) is 5.75 Å². The molecule has 0 saturated carbocycles. The molecule has 2 aromatic heterocycles. The maximum absolute atomic E-state index is 13.1. The molecular weight excluding hydrogens is 339 g/mol. The van der Waals surface area contributed by atoms with Gasteiger partial charge in [-0.3, -0.25) is 0 Å². The molecule has 0 bridgehead atoms. The van der Waals surface area contributed by atoms with Crippen molar-refractivity contribution in [2.24, 2.45) is 0 Å².